The molecule has 0 aliphatic rings. The fraction of sp³-hybridized carbons (Fsp3) is 0.333. The van der Waals surface area contributed by atoms with Gasteiger partial charge in [-0.3, -0.25) is 4.79 Å². The van der Waals surface area contributed by atoms with Crippen molar-refractivity contribution in [3.63, 3.8) is 0 Å². The number of ether oxygens (including phenoxy) is 1. The van der Waals surface area contributed by atoms with Gasteiger partial charge in [-0.1, -0.05) is 18.2 Å². The summed E-state index contributed by atoms with van der Waals surface area (Å²) < 4.78 is 40.7. The number of pyridine rings is 1. The third-order valence-electron chi connectivity index (χ3n) is 3.54. The number of hydrogen-bond donors (Lipinski definition) is 1. The highest BCUT2D eigenvalue weighted by molar-refractivity contribution is 5.93. The van der Waals surface area contributed by atoms with Gasteiger partial charge in [-0.25, -0.2) is 4.98 Å². The summed E-state index contributed by atoms with van der Waals surface area (Å²) in [7, 11) is 1.97. The van der Waals surface area contributed by atoms with E-state index in [1.54, 1.807) is 0 Å². The van der Waals surface area contributed by atoms with Crippen molar-refractivity contribution < 1.29 is 22.7 Å². The van der Waals surface area contributed by atoms with Crippen molar-refractivity contribution in [3.05, 3.63) is 54.2 Å². The number of amides is 1. The quantitative estimate of drug-likeness (QED) is 0.728. The molecule has 1 N–H and O–H groups in total. The summed E-state index contributed by atoms with van der Waals surface area (Å²) in [5.41, 5.74) is 1.36. The fourth-order valence-electron chi connectivity index (χ4n) is 2.19. The van der Waals surface area contributed by atoms with E-state index in [4.69, 9.17) is 0 Å². The van der Waals surface area contributed by atoms with Gasteiger partial charge < -0.3 is 15.0 Å². The lowest BCUT2D eigenvalue weighted by Crippen LogP contribution is -2.28. The van der Waals surface area contributed by atoms with E-state index in [0.29, 0.717) is 6.54 Å². The minimum atomic E-state index is -4.43. The van der Waals surface area contributed by atoms with Crippen LogP contribution in [-0.2, 0) is 0 Å². The van der Waals surface area contributed by atoms with Gasteiger partial charge in [0.2, 0.25) is 5.88 Å². The van der Waals surface area contributed by atoms with E-state index < -0.39 is 12.8 Å². The van der Waals surface area contributed by atoms with Gasteiger partial charge in [-0.05, 0) is 24.6 Å². The molecule has 26 heavy (non-hydrogen) atoms. The SMILES string of the molecule is CN(CCCNC(=O)c1ccc(OCC(F)(F)F)nc1)c1ccccc1. The van der Waals surface area contributed by atoms with E-state index in [2.05, 4.69) is 19.9 Å². The average molecular weight is 367 g/mol. The van der Waals surface area contributed by atoms with Crippen molar-refractivity contribution in [2.45, 2.75) is 12.6 Å². The number of nitrogens with one attached hydrogen (secondary N) is 1. The lowest BCUT2D eigenvalue weighted by molar-refractivity contribution is -0.154. The fourth-order valence-corrected chi connectivity index (χ4v) is 2.19. The maximum atomic E-state index is 12.1. The van der Waals surface area contributed by atoms with Gasteiger partial charge in [0.1, 0.15) is 0 Å². The number of nitrogens with zero attached hydrogens (tertiary/aromatic N) is 2. The molecule has 2 rings (SSSR count). The van der Waals surface area contributed by atoms with Crippen molar-refractivity contribution >= 4 is 11.6 Å². The number of alkyl halides is 3. The van der Waals surface area contributed by atoms with Gasteiger partial charge in [0.05, 0.1) is 5.56 Å². The Morgan fingerprint density at radius 1 is 1.19 bits per heavy atom. The van der Waals surface area contributed by atoms with Crippen LogP contribution in [0.1, 0.15) is 16.8 Å². The van der Waals surface area contributed by atoms with E-state index in [-0.39, 0.29) is 17.4 Å². The second-order valence-corrected chi connectivity index (χ2v) is 5.66. The molecule has 0 aliphatic heterocycles. The largest absolute Gasteiger partial charge is 0.468 e. The number of para-hydroxylation sites is 1. The Kier molecular flexibility index (Phi) is 6.82. The molecule has 0 fully saturated rings. The Morgan fingerprint density at radius 3 is 2.54 bits per heavy atom. The molecule has 0 atom stereocenters. The van der Waals surface area contributed by atoms with Gasteiger partial charge in [0.25, 0.3) is 5.91 Å². The molecule has 0 bridgehead atoms. The first-order chi connectivity index (χ1) is 12.3. The maximum absolute atomic E-state index is 12.1. The van der Waals surface area contributed by atoms with Crippen LogP contribution in [0.25, 0.3) is 0 Å². The lowest BCUT2D eigenvalue weighted by Gasteiger charge is -2.19. The van der Waals surface area contributed by atoms with E-state index >= 15 is 0 Å². The van der Waals surface area contributed by atoms with Gasteiger partial charge >= 0.3 is 6.18 Å². The number of carbonyl (C=O) groups is 1. The van der Waals surface area contributed by atoms with E-state index in [1.165, 1.54) is 18.3 Å². The number of aromatic nitrogens is 1. The van der Waals surface area contributed by atoms with Crippen LogP contribution in [0.4, 0.5) is 18.9 Å². The van der Waals surface area contributed by atoms with Crippen molar-refractivity contribution in [2.75, 3.05) is 31.6 Å². The predicted octanol–water partition coefficient (Wildman–Crippen LogP) is 3.28. The second kappa shape index (κ2) is 9.07. The molecular formula is C18H20F3N3O2. The summed E-state index contributed by atoms with van der Waals surface area (Å²) >= 11 is 0. The summed E-state index contributed by atoms with van der Waals surface area (Å²) in [5, 5.41) is 2.76. The number of anilines is 1. The van der Waals surface area contributed by atoms with Crippen LogP contribution in [-0.4, -0.2) is 43.8 Å². The number of benzene rings is 1. The van der Waals surface area contributed by atoms with Crippen LogP contribution >= 0.6 is 0 Å². The number of rotatable bonds is 8. The minimum Gasteiger partial charge on any atom is -0.468 e. The Hall–Kier alpha value is -2.77. The highest BCUT2D eigenvalue weighted by Crippen LogP contribution is 2.17. The smallest absolute Gasteiger partial charge is 0.422 e. The summed E-state index contributed by atoms with van der Waals surface area (Å²) in [6, 6.07) is 12.5. The topological polar surface area (TPSA) is 54.5 Å². The molecule has 0 saturated heterocycles. The Labute approximate surface area is 149 Å². The molecule has 0 aliphatic carbocycles. The molecule has 0 radical (unpaired) electrons. The van der Waals surface area contributed by atoms with Crippen molar-refractivity contribution in [1.82, 2.24) is 10.3 Å². The predicted molar refractivity (Wildman–Crippen MR) is 92.4 cm³/mol. The zero-order chi connectivity index (χ0) is 19.0. The van der Waals surface area contributed by atoms with Crippen LogP contribution in [0.2, 0.25) is 0 Å². The lowest BCUT2D eigenvalue weighted by atomic mass is 10.2. The molecule has 5 nitrogen and oxygen atoms in total. The summed E-state index contributed by atoms with van der Waals surface area (Å²) in [6.07, 6.45) is -2.49. The third-order valence-corrected chi connectivity index (χ3v) is 3.54. The molecule has 2 aromatic rings. The van der Waals surface area contributed by atoms with E-state index in [9.17, 15) is 18.0 Å². The zero-order valence-corrected chi connectivity index (χ0v) is 14.3. The minimum absolute atomic E-state index is 0.177. The Bertz CT molecular complexity index is 691. The molecule has 1 aromatic heterocycles. The first-order valence-electron chi connectivity index (χ1n) is 8.05. The highest BCUT2D eigenvalue weighted by atomic mass is 19.4. The normalized spacial score (nSPS) is 11.1. The van der Waals surface area contributed by atoms with E-state index in [0.717, 1.165) is 18.7 Å². The van der Waals surface area contributed by atoms with Crippen LogP contribution < -0.4 is 15.0 Å². The highest BCUT2D eigenvalue weighted by Gasteiger charge is 2.28. The molecule has 140 valence electrons. The second-order valence-electron chi connectivity index (χ2n) is 5.66. The van der Waals surface area contributed by atoms with Crippen LogP contribution in [0.15, 0.2) is 48.7 Å². The molecule has 1 heterocycles. The van der Waals surface area contributed by atoms with Gasteiger partial charge in [0, 0.05) is 38.1 Å². The number of hydrogen-bond acceptors (Lipinski definition) is 4. The first kappa shape index (κ1) is 19.6. The van der Waals surface area contributed by atoms with E-state index in [1.807, 2.05) is 37.4 Å². The standard InChI is InChI=1S/C18H20F3N3O2/c1-24(15-6-3-2-4-7-15)11-5-10-22-17(25)14-8-9-16(23-12-14)26-13-18(19,20)21/h2-4,6-9,12H,5,10-11,13H2,1H3,(H,22,25). The molecule has 1 amide bonds. The van der Waals surface area contributed by atoms with Crippen LogP contribution in [0.5, 0.6) is 5.88 Å². The molecule has 0 saturated carbocycles. The van der Waals surface area contributed by atoms with Crippen LogP contribution in [0.3, 0.4) is 0 Å². The number of halogens is 3. The summed E-state index contributed by atoms with van der Waals surface area (Å²) in [5.74, 6) is -0.509. The molecular weight excluding hydrogens is 347 g/mol. The maximum Gasteiger partial charge on any atom is 0.422 e. The Balaban J connectivity index is 1.72. The molecule has 0 spiro atoms. The molecule has 1 aromatic carbocycles. The van der Waals surface area contributed by atoms with Gasteiger partial charge in [-0.2, -0.15) is 13.2 Å². The van der Waals surface area contributed by atoms with Gasteiger partial charge in [0.15, 0.2) is 6.61 Å². The Morgan fingerprint density at radius 2 is 1.92 bits per heavy atom. The summed E-state index contributed by atoms with van der Waals surface area (Å²) in [6.45, 7) is -0.171. The molecule has 0 unspecified atom stereocenters. The third kappa shape index (κ3) is 6.62. The summed E-state index contributed by atoms with van der Waals surface area (Å²) in [4.78, 5) is 17.8. The van der Waals surface area contributed by atoms with Crippen molar-refractivity contribution in [3.8, 4) is 5.88 Å². The first-order valence-corrected chi connectivity index (χ1v) is 8.05. The van der Waals surface area contributed by atoms with Crippen LogP contribution in [0, 0.1) is 0 Å². The number of carbonyl (C=O) groups excluding carboxylic acids is 1. The van der Waals surface area contributed by atoms with Crippen molar-refractivity contribution in [2.24, 2.45) is 0 Å². The monoisotopic (exact) mass is 367 g/mol. The zero-order valence-electron chi connectivity index (χ0n) is 14.3. The molecule has 8 heteroatoms. The van der Waals surface area contributed by atoms with Gasteiger partial charge in [-0.15, -0.1) is 0 Å². The average Bonchev–Trinajstić information content (AvgIpc) is 2.63. The van der Waals surface area contributed by atoms with Crippen molar-refractivity contribution in [1.29, 1.82) is 0 Å².